The molecule has 1 heterocycles. The lowest BCUT2D eigenvalue weighted by molar-refractivity contribution is 0.0191. The van der Waals surface area contributed by atoms with Gasteiger partial charge in [-0.25, -0.2) is 4.98 Å². The summed E-state index contributed by atoms with van der Waals surface area (Å²) in [5.74, 6) is 0.149. The molecule has 23 heavy (non-hydrogen) atoms. The van der Waals surface area contributed by atoms with Crippen molar-refractivity contribution >= 4 is 11.3 Å². The summed E-state index contributed by atoms with van der Waals surface area (Å²) in [6, 6.07) is 9.94. The van der Waals surface area contributed by atoms with Crippen molar-refractivity contribution in [2.24, 2.45) is 5.92 Å². The summed E-state index contributed by atoms with van der Waals surface area (Å²) in [6.07, 6.45) is 5.12. The molecule has 0 saturated heterocycles. The van der Waals surface area contributed by atoms with E-state index in [1.165, 1.54) is 0 Å². The molecule has 4 heteroatoms. The van der Waals surface area contributed by atoms with E-state index in [1.54, 1.807) is 11.3 Å². The third-order valence-corrected chi connectivity index (χ3v) is 4.90. The van der Waals surface area contributed by atoms with Crippen LogP contribution in [0.15, 0.2) is 36.5 Å². The third-order valence-electron chi connectivity index (χ3n) is 3.87. The molecule has 2 aromatic rings. The van der Waals surface area contributed by atoms with Crippen molar-refractivity contribution in [1.82, 2.24) is 10.3 Å². The van der Waals surface area contributed by atoms with Gasteiger partial charge >= 0.3 is 0 Å². The maximum Gasteiger partial charge on any atom is 0.143 e. The van der Waals surface area contributed by atoms with Gasteiger partial charge in [0, 0.05) is 11.1 Å². The average Bonchev–Trinajstić information content (AvgIpc) is 3.00. The zero-order valence-electron chi connectivity index (χ0n) is 15.0. The van der Waals surface area contributed by atoms with Gasteiger partial charge in [-0.15, -0.1) is 11.3 Å². The molecule has 2 N–H and O–H groups in total. The summed E-state index contributed by atoms with van der Waals surface area (Å²) in [7, 11) is 3.75. The van der Waals surface area contributed by atoms with Crippen LogP contribution in [0.5, 0.6) is 0 Å². The van der Waals surface area contributed by atoms with Gasteiger partial charge in [0.2, 0.25) is 0 Å². The second-order valence-electron chi connectivity index (χ2n) is 5.95. The maximum absolute atomic E-state index is 11.4. The van der Waals surface area contributed by atoms with Crippen LogP contribution in [0.25, 0.3) is 0 Å². The molecule has 3 nitrogen and oxygen atoms in total. The summed E-state index contributed by atoms with van der Waals surface area (Å²) in [5.41, 5.74) is -0.0343. The number of aryl methyl sites for hydroxylation is 1. The van der Waals surface area contributed by atoms with E-state index in [0.717, 1.165) is 34.7 Å². The first-order valence-electron chi connectivity index (χ1n) is 8.29. The quantitative estimate of drug-likeness (QED) is 0.825. The van der Waals surface area contributed by atoms with Crippen LogP contribution >= 0.6 is 11.3 Å². The van der Waals surface area contributed by atoms with Crippen molar-refractivity contribution in [3.63, 3.8) is 0 Å². The van der Waals surface area contributed by atoms with Gasteiger partial charge in [0.15, 0.2) is 0 Å². The lowest BCUT2D eigenvalue weighted by Crippen LogP contribution is -2.34. The fraction of sp³-hybridized carbons (Fsp3) is 0.526. The molecule has 0 aliphatic rings. The van der Waals surface area contributed by atoms with Gasteiger partial charge in [-0.1, -0.05) is 57.0 Å². The smallest absolute Gasteiger partial charge is 0.143 e. The van der Waals surface area contributed by atoms with Crippen molar-refractivity contribution in [3.05, 3.63) is 52.0 Å². The fourth-order valence-corrected chi connectivity index (χ4v) is 3.55. The molecular weight excluding hydrogens is 304 g/mol. The first kappa shape index (κ1) is 19.8. The number of hydrogen-bond acceptors (Lipinski definition) is 4. The highest BCUT2D eigenvalue weighted by atomic mass is 32.1. The van der Waals surface area contributed by atoms with E-state index >= 15 is 0 Å². The van der Waals surface area contributed by atoms with Crippen molar-refractivity contribution < 1.29 is 5.11 Å². The van der Waals surface area contributed by atoms with E-state index in [-0.39, 0.29) is 5.92 Å². The second-order valence-corrected chi connectivity index (χ2v) is 7.19. The number of unbranched alkanes of at least 4 members (excludes halogenated alkanes) is 1. The van der Waals surface area contributed by atoms with Gasteiger partial charge in [0.25, 0.3) is 0 Å². The summed E-state index contributed by atoms with van der Waals surface area (Å²) < 4.78 is 0. The molecular formula is C19H30N2OS. The van der Waals surface area contributed by atoms with Gasteiger partial charge in [0.05, 0.1) is 0 Å². The summed E-state index contributed by atoms with van der Waals surface area (Å²) >= 11 is 1.59. The Bertz CT molecular complexity index is 556. The minimum absolute atomic E-state index is 0.149. The fourth-order valence-electron chi connectivity index (χ4n) is 2.56. The van der Waals surface area contributed by atoms with E-state index in [4.69, 9.17) is 0 Å². The van der Waals surface area contributed by atoms with Crippen molar-refractivity contribution in [3.8, 4) is 0 Å². The molecule has 0 spiro atoms. The largest absolute Gasteiger partial charge is 0.378 e. The number of nitrogens with zero attached hydrogens (tertiary/aromatic N) is 1. The average molecular weight is 335 g/mol. The molecule has 1 aromatic carbocycles. The topological polar surface area (TPSA) is 45.2 Å². The van der Waals surface area contributed by atoms with Crippen molar-refractivity contribution in [1.29, 1.82) is 0 Å². The van der Waals surface area contributed by atoms with Crippen LogP contribution in [-0.4, -0.2) is 24.2 Å². The van der Waals surface area contributed by atoms with Crippen molar-refractivity contribution in [2.75, 3.05) is 14.1 Å². The Balaban J connectivity index is 0.000000816. The van der Waals surface area contributed by atoms with Crippen LogP contribution in [0.1, 0.15) is 48.6 Å². The van der Waals surface area contributed by atoms with E-state index in [2.05, 4.69) is 24.1 Å². The molecule has 1 aromatic heterocycles. The zero-order chi connectivity index (χ0) is 17.3. The predicted molar refractivity (Wildman–Crippen MR) is 100.0 cm³/mol. The maximum atomic E-state index is 11.4. The molecule has 128 valence electrons. The lowest BCUT2D eigenvalue weighted by Gasteiger charge is -2.33. The number of thiazole rings is 1. The number of benzene rings is 1. The molecule has 0 aliphatic carbocycles. The van der Waals surface area contributed by atoms with E-state index in [9.17, 15) is 5.11 Å². The highest BCUT2D eigenvalue weighted by Gasteiger charge is 2.39. The third kappa shape index (κ3) is 5.13. The highest BCUT2D eigenvalue weighted by Crippen LogP contribution is 2.40. The molecule has 0 bridgehead atoms. The van der Waals surface area contributed by atoms with Crippen LogP contribution in [0.2, 0.25) is 0 Å². The van der Waals surface area contributed by atoms with E-state index in [1.807, 2.05) is 57.5 Å². The Kier molecular flexibility index (Phi) is 8.45. The molecule has 0 amide bonds. The molecule has 0 saturated carbocycles. The molecule has 0 radical (unpaired) electrons. The summed E-state index contributed by atoms with van der Waals surface area (Å²) in [4.78, 5) is 5.60. The number of hydrogen-bond donors (Lipinski definition) is 2. The Labute approximate surface area is 144 Å². The standard InChI is InChI=1S/C17H23NOS.C2H7N/c1-4-5-9-13(2)17(19,15-10-7-6-8-11-15)16-18-12-14(3)20-16;1-3-2/h6-8,10-13,19H,4-5,9H2,1-3H3;3H,1-2H3. The molecule has 0 aliphatic heterocycles. The first-order chi connectivity index (χ1) is 11.0. The normalized spacial score (nSPS) is 14.5. The Morgan fingerprint density at radius 1 is 1.26 bits per heavy atom. The monoisotopic (exact) mass is 334 g/mol. The zero-order valence-corrected chi connectivity index (χ0v) is 15.8. The molecule has 0 fully saturated rings. The predicted octanol–water partition coefficient (Wildman–Crippen LogP) is 4.35. The number of aromatic nitrogens is 1. The molecule has 2 unspecified atom stereocenters. The van der Waals surface area contributed by atoms with Gasteiger partial charge in [-0.05, 0) is 38.9 Å². The minimum atomic E-state index is -0.977. The Hall–Kier alpha value is -1.23. The van der Waals surface area contributed by atoms with Gasteiger partial charge in [-0.2, -0.15) is 0 Å². The molecule has 2 atom stereocenters. The van der Waals surface area contributed by atoms with Crippen LogP contribution in [0.3, 0.4) is 0 Å². The lowest BCUT2D eigenvalue weighted by atomic mass is 9.80. The van der Waals surface area contributed by atoms with Gasteiger partial charge < -0.3 is 10.4 Å². The van der Waals surface area contributed by atoms with E-state index in [0.29, 0.717) is 0 Å². The minimum Gasteiger partial charge on any atom is -0.378 e. The second kappa shape index (κ2) is 9.81. The number of aliphatic hydroxyl groups is 1. The van der Waals surface area contributed by atoms with Gasteiger partial charge in [-0.3, -0.25) is 0 Å². The van der Waals surface area contributed by atoms with E-state index < -0.39 is 5.60 Å². The highest BCUT2D eigenvalue weighted by molar-refractivity contribution is 7.11. The first-order valence-corrected chi connectivity index (χ1v) is 9.11. The Morgan fingerprint density at radius 2 is 1.87 bits per heavy atom. The van der Waals surface area contributed by atoms with Crippen LogP contribution < -0.4 is 5.32 Å². The number of rotatable bonds is 6. The SMILES string of the molecule is CCCCC(C)C(O)(c1ccccc1)c1ncc(C)s1.CNC. The summed E-state index contributed by atoms with van der Waals surface area (Å²) in [6.45, 7) is 6.34. The van der Waals surface area contributed by atoms with Crippen LogP contribution in [0.4, 0.5) is 0 Å². The van der Waals surface area contributed by atoms with Gasteiger partial charge in [0.1, 0.15) is 10.6 Å². The number of nitrogens with one attached hydrogen (secondary N) is 1. The van der Waals surface area contributed by atoms with Crippen LogP contribution in [0, 0.1) is 12.8 Å². The summed E-state index contributed by atoms with van der Waals surface area (Å²) in [5, 5.41) is 15.0. The van der Waals surface area contributed by atoms with Crippen molar-refractivity contribution in [2.45, 2.75) is 45.6 Å². The Morgan fingerprint density at radius 3 is 2.35 bits per heavy atom. The molecule has 2 rings (SSSR count). The van der Waals surface area contributed by atoms with Crippen LogP contribution in [-0.2, 0) is 5.60 Å².